The van der Waals surface area contributed by atoms with Gasteiger partial charge in [-0.05, 0) is 12.1 Å². The lowest BCUT2D eigenvalue weighted by molar-refractivity contribution is 0.602. The van der Waals surface area contributed by atoms with Gasteiger partial charge in [0.15, 0.2) is 0 Å². The third kappa shape index (κ3) is 1.33. The molecule has 1 aromatic carbocycles. The van der Waals surface area contributed by atoms with Crippen molar-refractivity contribution in [2.45, 2.75) is 0 Å². The zero-order chi connectivity index (χ0) is 7.56. The SMILES string of the molecule is Fc1ccc(F)c(N=S)c1. The maximum absolute atomic E-state index is 12.4. The molecule has 0 heterocycles. The molecule has 0 aliphatic carbocycles. The molecular formula is C6H3F2NS. The first-order valence-electron chi connectivity index (χ1n) is 2.52. The topological polar surface area (TPSA) is 12.4 Å². The van der Waals surface area contributed by atoms with Crippen LogP contribution < -0.4 is 0 Å². The molecular weight excluding hydrogens is 156 g/mol. The van der Waals surface area contributed by atoms with Crippen molar-refractivity contribution in [1.29, 1.82) is 0 Å². The fraction of sp³-hybridized carbons (Fsp3) is 0. The Bertz CT molecular complexity index is 262. The van der Waals surface area contributed by atoms with Gasteiger partial charge in [-0.2, -0.15) is 4.36 Å². The van der Waals surface area contributed by atoms with Crippen molar-refractivity contribution < 1.29 is 8.78 Å². The first-order valence-corrected chi connectivity index (χ1v) is 2.89. The third-order valence-corrected chi connectivity index (χ3v) is 1.20. The van der Waals surface area contributed by atoms with E-state index in [4.69, 9.17) is 0 Å². The number of rotatable bonds is 1. The van der Waals surface area contributed by atoms with Crippen LogP contribution in [-0.2, 0) is 12.4 Å². The first-order chi connectivity index (χ1) is 4.74. The Hall–Kier alpha value is -0.900. The molecule has 52 valence electrons. The summed E-state index contributed by atoms with van der Waals surface area (Å²) in [6, 6.07) is 2.95. The van der Waals surface area contributed by atoms with Crippen LogP contribution in [0.5, 0.6) is 0 Å². The zero-order valence-corrected chi connectivity index (χ0v) is 5.66. The van der Waals surface area contributed by atoms with Gasteiger partial charge in [0, 0.05) is 18.5 Å². The van der Waals surface area contributed by atoms with Crippen LogP contribution in [0.15, 0.2) is 22.6 Å². The molecule has 1 rings (SSSR count). The monoisotopic (exact) mass is 159 g/mol. The standard InChI is InChI=1S/C6H3F2NS/c7-4-1-2-5(8)6(3-4)9-10/h1-3H. The second-order valence-corrected chi connectivity index (χ2v) is 1.87. The van der Waals surface area contributed by atoms with E-state index in [2.05, 4.69) is 16.8 Å². The summed E-state index contributed by atoms with van der Waals surface area (Å²) in [5.41, 5.74) is -0.130. The van der Waals surface area contributed by atoms with Gasteiger partial charge in [-0.3, -0.25) is 0 Å². The number of hydrogen-bond donors (Lipinski definition) is 0. The van der Waals surface area contributed by atoms with E-state index >= 15 is 0 Å². The summed E-state index contributed by atoms with van der Waals surface area (Å²) in [4.78, 5) is 0. The van der Waals surface area contributed by atoms with E-state index in [9.17, 15) is 8.78 Å². The predicted octanol–water partition coefficient (Wildman–Crippen LogP) is 2.33. The molecule has 0 fully saturated rings. The van der Waals surface area contributed by atoms with Crippen LogP contribution in [0, 0.1) is 11.6 Å². The van der Waals surface area contributed by atoms with E-state index in [1.165, 1.54) is 0 Å². The molecule has 10 heavy (non-hydrogen) atoms. The molecule has 0 radical (unpaired) electrons. The van der Waals surface area contributed by atoms with Crippen molar-refractivity contribution in [3.8, 4) is 0 Å². The molecule has 0 aromatic heterocycles. The van der Waals surface area contributed by atoms with Gasteiger partial charge in [-0.15, -0.1) is 0 Å². The Kier molecular flexibility index (Phi) is 2.01. The van der Waals surface area contributed by atoms with Gasteiger partial charge < -0.3 is 0 Å². The highest BCUT2D eigenvalue weighted by Gasteiger charge is 1.99. The van der Waals surface area contributed by atoms with Crippen LogP contribution in [-0.4, -0.2) is 0 Å². The summed E-state index contributed by atoms with van der Waals surface area (Å²) in [6.07, 6.45) is 0. The largest absolute Gasteiger partial charge is 0.207 e. The summed E-state index contributed by atoms with van der Waals surface area (Å²) in [5, 5.41) is 0. The van der Waals surface area contributed by atoms with Crippen LogP contribution in [0.1, 0.15) is 0 Å². The number of halogens is 2. The lowest BCUT2D eigenvalue weighted by Gasteiger charge is -1.92. The van der Waals surface area contributed by atoms with Crippen molar-refractivity contribution >= 4 is 18.1 Å². The molecule has 0 amide bonds. The second kappa shape index (κ2) is 2.79. The van der Waals surface area contributed by atoms with Gasteiger partial charge in [0.25, 0.3) is 0 Å². The molecule has 0 bridgehead atoms. The maximum atomic E-state index is 12.4. The summed E-state index contributed by atoms with van der Waals surface area (Å²) in [5.74, 6) is -1.14. The van der Waals surface area contributed by atoms with E-state index in [0.717, 1.165) is 18.2 Å². The van der Waals surface area contributed by atoms with Crippen molar-refractivity contribution in [3.05, 3.63) is 29.8 Å². The fourth-order valence-electron chi connectivity index (χ4n) is 0.556. The summed E-state index contributed by atoms with van der Waals surface area (Å²) in [7, 11) is 0. The van der Waals surface area contributed by atoms with E-state index < -0.39 is 11.6 Å². The van der Waals surface area contributed by atoms with Crippen molar-refractivity contribution in [1.82, 2.24) is 0 Å². The molecule has 4 heteroatoms. The highest BCUT2D eigenvalue weighted by Crippen LogP contribution is 2.17. The molecule has 1 nitrogen and oxygen atoms in total. The van der Waals surface area contributed by atoms with Crippen LogP contribution in [0.4, 0.5) is 14.5 Å². The van der Waals surface area contributed by atoms with Crippen LogP contribution >= 0.6 is 0 Å². The molecule has 0 N–H and O–H groups in total. The number of nitrogens with zero attached hydrogens (tertiary/aromatic N) is 1. The van der Waals surface area contributed by atoms with E-state index in [1.807, 2.05) is 0 Å². The van der Waals surface area contributed by atoms with E-state index in [0.29, 0.717) is 0 Å². The van der Waals surface area contributed by atoms with Gasteiger partial charge in [0.1, 0.15) is 17.3 Å². The molecule has 1 aromatic rings. The Balaban J connectivity index is 3.21. The molecule has 0 spiro atoms. The minimum absolute atomic E-state index is 0.130. The fourth-order valence-corrected chi connectivity index (χ4v) is 0.696. The smallest absolute Gasteiger partial charge is 0.150 e. The van der Waals surface area contributed by atoms with Crippen LogP contribution in [0.3, 0.4) is 0 Å². The minimum atomic E-state index is -0.601. The Labute approximate surface area is 61.9 Å². The number of hydrogen-bond acceptors (Lipinski definition) is 2. The predicted molar refractivity (Wildman–Crippen MR) is 35.8 cm³/mol. The van der Waals surface area contributed by atoms with Crippen LogP contribution in [0.2, 0.25) is 0 Å². The van der Waals surface area contributed by atoms with Gasteiger partial charge in [-0.25, -0.2) is 8.78 Å². The Morgan fingerprint density at radius 3 is 2.50 bits per heavy atom. The average Bonchev–Trinajstić information content (AvgIpc) is 1.94. The quantitative estimate of drug-likeness (QED) is 0.612. The summed E-state index contributed by atoms with van der Waals surface area (Å²) in [6.45, 7) is 0. The van der Waals surface area contributed by atoms with Gasteiger partial charge in [-0.1, -0.05) is 0 Å². The van der Waals surface area contributed by atoms with Gasteiger partial charge in [0.05, 0.1) is 0 Å². The zero-order valence-electron chi connectivity index (χ0n) is 4.84. The molecule has 0 atom stereocenters. The Morgan fingerprint density at radius 1 is 1.30 bits per heavy atom. The van der Waals surface area contributed by atoms with Crippen molar-refractivity contribution in [3.63, 3.8) is 0 Å². The second-order valence-electron chi connectivity index (χ2n) is 1.69. The Morgan fingerprint density at radius 2 is 2.00 bits per heavy atom. The molecule has 0 saturated heterocycles. The summed E-state index contributed by atoms with van der Waals surface area (Å²) < 4.78 is 27.8. The lowest BCUT2D eigenvalue weighted by Crippen LogP contribution is -1.76. The average molecular weight is 159 g/mol. The molecule has 0 saturated carbocycles. The van der Waals surface area contributed by atoms with E-state index in [-0.39, 0.29) is 5.69 Å². The third-order valence-electron chi connectivity index (χ3n) is 1.01. The van der Waals surface area contributed by atoms with E-state index in [1.54, 1.807) is 0 Å². The molecule has 0 unspecified atom stereocenters. The van der Waals surface area contributed by atoms with Gasteiger partial charge >= 0.3 is 0 Å². The maximum Gasteiger partial charge on any atom is 0.150 e. The number of benzene rings is 1. The molecule has 0 aliphatic rings. The van der Waals surface area contributed by atoms with Crippen molar-refractivity contribution in [2.24, 2.45) is 4.36 Å². The minimum Gasteiger partial charge on any atom is -0.207 e. The highest BCUT2D eigenvalue weighted by molar-refractivity contribution is 7.47. The molecule has 0 aliphatic heterocycles. The van der Waals surface area contributed by atoms with Crippen LogP contribution in [0.25, 0.3) is 0 Å². The lowest BCUT2D eigenvalue weighted by atomic mass is 10.3. The first kappa shape index (κ1) is 7.21. The summed E-state index contributed by atoms with van der Waals surface area (Å²) >= 11 is 4.18. The van der Waals surface area contributed by atoms with Crippen molar-refractivity contribution in [2.75, 3.05) is 0 Å². The normalized spacial score (nSPS) is 9.40. The van der Waals surface area contributed by atoms with Gasteiger partial charge in [0.2, 0.25) is 0 Å². The highest BCUT2D eigenvalue weighted by atomic mass is 32.1.